The minimum atomic E-state index is 0.700. The SMILES string of the molecule is CCN(CC)c1nc2sc3c(c2c(=N)s1)CCCC3. The maximum atomic E-state index is 8.36. The van der Waals surface area contributed by atoms with E-state index in [4.69, 9.17) is 10.4 Å². The molecular formula is C14H19N3S2. The number of aromatic nitrogens is 1. The van der Waals surface area contributed by atoms with E-state index in [-0.39, 0.29) is 0 Å². The van der Waals surface area contributed by atoms with Crippen molar-refractivity contribution >= 4 is 38.0 Å². The molecule has 0 unspecified atom stereocenters. The second-order valence-electron chi connectivity index (χ2n) is 4.89. The number of rotatable bonds is 3. The van der Waals surface area contributed by atoms with E-state index >= 15 is 0 Å². The molecule has 0 bridgehead atoms. The normalized spacial score (nSPS) is 14.6. The third-order valence-corrected chi connectivity index (χ3v) is 5.93. The molecule has 0 aromatic carbocycles. The number of thiophene rings is 1. The molecule has 0 radical (unpaired) electrons. The fraction of sp³-hybridized carbons (Fsp3) is 0.571. The average Bonchev–Trinajstić information content (AvgIpc) is 2.78. The van der Waals surface area contributed by atoms with Crippen molar-refractivity contribution < 1.29 is 0 Å². The summed E-state index contributed by atoms with van der Waals surface area (Å²) in [4.78, 5) is 9.62. The summed E-state index contributed by atoms with van der Waals surface area (Å²) in [6.45, 7) is 6.20. The van der Waals surface area contributed by atoms with Crippen LogP contribution >= 0.6 is 22.7 Å². The van der Waals surface area contributed by atoms with E-state index in [1.165, 1.54) is 41.0 Å². The van der Waals surface area contributed by atoms with Crippen molar-refractivity contribution in [3.8, 4) is 0 Å². The lowest BCUT2D eigenvalue weighted by Crippen LogP contribution is -2.23. The number of nitrogens with one attached hydrogen (secondary N) is 1. The first-order valence-corrected chi connectivity index (χ1v) is 8.62. The topological polar surface area (TPSA) is 40.0 Å². The molecule has 19 heavy (non-hydrogen) atoms. The Morgan fingerprint density at radius 2 is 1.89 bits per heavy atom. The van der Waals surface area contributed by atoms with Gasteiger partial charge in [0.2, 0.25) is 0 Å². The van der Waals surface area contributed by atoms with Gasteiger partial charge in [0.25, 0.3) is 0 Å². The van der Waals surface area contributed by atoms with Crippen LogP contribution in [0.25, 0.3) is 10.2 Å². The predicted octanol–water partition coefficient (Wildman–Crippen LogP) is 3.56. The summed E-state index contributed by atoms with van der Waals surface area (Å²) in [7, 11) is 0. The molecule has 5 heteroatoms. The highest BCUT2D eigenvalue weighted by Gasteiger charge is 2.19. The van der Waals surface area contributed by atoms with Gasteiger partial charge in [-0.3, -0.25) is 5.41 Å². The fourth-order valence-corrected chi connectivity index (χ4v) is 5.16. The summed E-state index contributed by atoms with van der Waals surface area (Å²) in [6.07, 6.45) is 4.88. The zero-order valence-electron chi connectivity index (χ0n) is 11.5. The van der Waals surface area contributed by atoms with Crippen LogP contribution in [0.4, 0.5) is 5.13 Å². The molecule has 0 atom stereocenters. The van der Waals surface area contributed by atoms with E-state index in [1.54, 1.807) is 0 Å². The highest BCUT2D eigenvalue weighted by Crippen LogP contribution is 2.35. The number of aryl methyl sites for hydroxylation is 2. The standard InChI is InChI=1S/C14H19N3S2/c1-3-17(4-2)14-16-13-11(12(15)19-14)9-7-5-6-8-10(9)18-13/h15H,3-8H2,1-2H3. The second kappa shape index (κ2) is 5.21. The quantitative estimate of drug-likeness (QED) is 0.940. The van der Waals surface area contributed by atoms with Gasteiger partial charge in [-0.2, -0.15) is 0 Å². The zero-order chi connectivity index (χ0) is 13.4. The Morgan fingerprint density at radius 3 is 2.63 bits per heavy atom. The predicted molar refractivity (Wildman–Crippen MR) is 83.6 cm³/mol. The monoisotopic (exact) mass is 293 g/mol. The van der Waals surface area contributed by atoms with Crippen molar-refractivity contribution in [3.05, 3.63) is 15.1 Å². The van der Waals surface area contributed by atoms with Crippen LogP contribution in [0.15, 0.2) is 0 Å². The number of hydrogen-bond donors (Lipinski definition) is 1. The van der Waals surface area contributed by atoms with Crippen LogP contribution in [-0.2, 0) is 12.8 Å². The second-order valence-corrected chi connectivity index (χ2v) is 6.95. The van der Waals surface area contributed by atoms with Crippen LogP contribution in [-0.4, -0.2) is 18.1 Å². The Hall–Kier alpha value is -0.940. The van der Waals surface area contributed by atoms with E-state index in [0.29, 0.717) is 4.67 Å². The van der Waals surface area contributed by atoms with Crippen LogP contribution in [0, 0.1) is 5.41 Å². The van der Waals surface area contributed by atoms with E-state index in [2.05, 4.69) is 18.7 Å². The van der Waals surface area contributed by atoms with Gasteiger partial charge in [-0.05, 0) is 45.1 Å². The molecule has 0 saturated heterocycles. The Labute approximate surface area is 121 Å². The first-order valence-electron chi connectivity index (χ1n) is 6.99. The smallest absolute Gasteiger partial charge is 0.188 e. The number of anilines is 1. The Bertz CT molecular complexity index is 652. The Balaban J connectivity index is 2.19. The van der Waals surface area contributed by atoms with Crippen molar-refractivity contribution in [2.45, 2.75) is 39.5 Å². The summed E-state index contributed by atoms with van der Waals surface area (Å²) < 4.78 is 0.700. The summed E-state index contributed by atoms with van der Waals surface area (Å²) in [5.74, 6) is 0. The number of fused-ring (bicyclic) bond motifs is 3. The molecule has 0 saturated carbocycles. The summed E-state index contributed by atoms with van der Waals surface area (Å²) in [5.41, 5.74) is 1.42. The molecule has 0 spiro atoms. The minimum absolute atomic E-state index is 0.700. The van der Waals surface area contributed by atoms with Gasteiger partial charge in [0.15, 0.2) is 5.13 Å². The van der Waals surface area contributed by atoms with Crippen LogP contribution in [0.5, 0.6) is 0 Å². The third kappa shape index (κ3) is 2.19. The maximum Gasteiger partial charge on any atom is 0.188 e. The van der Waals surface area contributed by atoms with E-state index in [1.807, 2.05) is 11.3 Å². The van der Waals surface area contributed by atoms with Crippen molar-refractivity contribution in [2.75, 3.05) is 18.0 Å². The fourth-order valence-electron chi connectivity index (χ4n) is 2.75. The molecule has 2 aromatic heterocycles. The molecule has 3 nitrogen and oxygen atoms in total. The molecular weight excluding hydrogens is 274 g/mol. The average molecular weight is 293 g/mol. The lowest BCUT2D eigenvalue weighted by atomic mass is 9.98. The van der Waals surface area contributed by atoms with Crippen molar-refractivity contribution in [3.63, 3.8) is 0 Å². The van der Waals surface area contributed by atoms with Gasteiger partial charge in [0, 0.05) is 18.0 Å². The molecule has 2 heterocycles. The van der Waals surface area contributed by atoms with E-state index in [0.717, 1.165) is 34.9 Å². The Kier molecular flexibility index (Phi) is 3.58. The molecule has 0 fully saturated rings. The molecule has 102 valence electrons. The third-order valence-electron chi connectivity index (χ3n) is 3.80. The maximum absolute atomic E-state index is 8.36. The van der Waals surface area contributed by atoms with Crippen molar-refractivity contribution in [1.29, 1.82) is 5.41 Å². The van der Waals surface area contributed by atoms with Crippen LogP contribution in [0.2, 0.25) is 0 Å². The highest BCUT2D eigenvalue weighted by molar-refractivity contribution is 7.20. The van der Waals surface area contributed by atoms with Gasteiger partial charge < -0.3 is 4.90 Å². The highest BCUT2D eigenvalue weighted by atomic mass is 32.1. The van der Waals surface area contributed by atoms with Crippen LogP contribution in [0.3, 0.4) is 0 Å². The molecule has 1 N–H and O–H groups in total. The van der Waals surface area contributed by atoms with Gasteiger partial charge in [-0.15, -0.1) is 11.3 Å². The molecule has 3 rings (SSSR count). The first-order chi connectivity index (χ1) is 9.24. The summed E-state index contributed by atoms with van der Waals surface area (Å²) in [6, 6.07) is 0. The Morgan fingerprint density at radius 1 is 1.16 bits per heavy atom. The zero-order valence-corrected chi connectivity index (χ0v) is 13.1. The molecule has 1 aliphatic carbocycles. The van der Waals surface area contributed by atoms with E-state index < -0.39 is 0 Å². The van der Waals surface area contributed by atoms with Crippen molar-refractivity contribution in [2.24, 2.45) is 0 Å². The number of nitrogens with zero attached hydrogens (tertiary/aromatic N) is 2. The van der Waals surface area contributed by atoms with Gasteiger partial charge in [-0.25, -0.2) is 4.98 Å². The van der Waals surface area contributed by atoms with Gasteiger partial charge in [0.1, 0.15) is 9.50 Å². The van der Waals surface area contributed by atoms with Gasteiger partial charge >= 0.3 is 0 Å². The molecule has 0 amide bonds. The summed E-state index contributed by atoms with van der Waals surface area (Å²) in [5, 5.41) is 10.5. The lowest BCUT2D eigenvalue weighted by Gasteiger charge is -2.18. The van der Waals surface area contributed by atoms with E-state index in [9.17, 15) is 0 Å². The first kappa shape index (κ1) is 13.1. The van der Waals surface area contributed by atoms with Crippen molar-refractivity contribution in [1.82, 2.24) is 4.98 Å². The number of hydrogen-bond acceptors (Lipinski definition) is 5. The van der Waals surface area contributed by atoms with Crippen LogP contribution < -0.4 is 9.57 Å². The molecule has 1 aliphatic rings. The molecule has 2 aromatic rings. The largest absolute Gasteiger partial charge is 0.349 e. The van der Waals surface area contributed by atoms with Gasteiger partial charge in [-0.1, -0.05) is 11.3 Å². The van der Waals surface area contributed by atoms with Gasteiger partial charge in [0.05, 0.1) is 5.39 Å². The van der Waals surface area contributed by atoms with Crippen LogP contribution in [0.1, 0.15) is 37.1 Å². The molecule has 0 aliphatic heterocycles. The summed E-state index contributed by atoms with van der Waals surface area (Å²) >= 11 is 3.34. The minimum Gasteiger partial charge on any atom is -0.349 e. The lowest BCUT2D eigenvalue weighted by molar-refractivity contribution is 0.700.